The molecule has 3 aliphatic carbocycles. The molecule has 0 unspecified atom stereocenters. The molecule has 3 heteroatoms. The number of aromatic nitrogens is 2. The van der Waals surface area contributed by atoms with E-state index in [9.17, 15) is 0 Å². The van der Waals surface area contributed by atoms with E-state index in [-0.39, 0.29) is 5.41 Å². The first-order valence-corrected chi connectivity index (χ1v) is 27.7. The van der Waals surface area contributed by atoms with E-state index < -0.39 is 5.41 Å². The molecule has 370 valence electrons. The minimum Gasteiger partial charge on any atom is -0.310 e. The van der Waals surface area contributed by atoms with Crippen LogP contribution in [0.4, 0.5) is 17.1 Å². The molecule has 0 atom stereocenters. The lowest BCUT2D eigenvalue weighted by molar-refractivity contribution is 0.660. The Morgan fingerprint density at radius 1 is 0.291 bits per heavy atom. The summed E-state index contributed by atoms with van der Waals surface area (Å²) in [5.41, 5.74) is 27.6. The summed E-state index contributed by atoms with van der Waals surface area (Å²) in [5, 5.41) is 4.97. The summed E-state index contributed by atoms with van der Waals surface area (Å²) in [4.78, 5) is 2.58. The van der Waals surface area contributed by atoms with Gasteiger partial charge in [0.2, 0.25) is 0 Å². The highest BCUT2D eigenvalue weighted by Crippen LogP contribution is 2.65. The Labute approximate surface area is 459 Å². The van der Waals surface area contributed by atoms with Gasteiger partial charge in [0.15, 0.2) is 0 Å². The van der Waals surface area contributed by atoms with E-state index in [0.717, 1.165) is 28.4 Å². The van der Waals surface area contributed by atoms with Gasteiger partial charge in [0.25, 0.3) is 0 Å². The van der Waals surface area contributed by atoms with Crippen LogP contribution in [0.15, 0.2) is 273 Å². The van der Waals surface area contributed by atoms with Crippen molar-refractivity contribution in [1.29, 1.82) is 0 Å². The zero-order chi connectivity index (χ0) is 52.1. The summed E-state index contributed by atoms with van der Waals surface area (Å²) in [6.07, 6.45) is 0. The first-order chi connectivity index (χ1) is 39.0. The molecule has 0 radical (unpaired) electrons. The highest BCUT2D eigenvalue weighted by molar-refractivity contribution is 6.12. The van der Waals surface area contributed by atoms with Crippen LogP contribution in [0.5, 0.6) is 0 Å². The molecule has 2 aromatic heterocycles. The molecule has 14 aromatic rings. The SMILES string of the molecule is CC1(C)c2ccccc2-c2ccc(N(c3ccc(-c4ccc5c(c4)c4ccccc4n5-c4ccccc4)cc3)c3cc(-n4c5ccccc5c5ccccc54)cc4c3-c3ccccc3C43c4ccccc4-c4ccccc43)cc21. The lowest BCUT2D eigenvalue weighted by atomic mass is 9.70. The molecule has 0 N–H and O–H groups in total. The monoisotopic (exact) mass is 1010 g/mol. The molecule has 3 aliphatic rings. The third kappa shape index (κ3) is 5.97. The van der Waals surface area contributed by atoms with Gasteiger partial charge in [-0.25, -0.2) is 0 Å². The summed E-state index contributed by atoms with van der Waals surface area (Å²) in [5.74, 6) is 0. The Balaban J connectivity index is 0.949. The minimum atomic E-state index is -0.581. The van der Waals surface area contributed by atoms with E-state index in [4.69, 9.17) is 0 Å². The van der Waals surface area contributed by atoms with E-state index in [0.29, 0.717) is 0 Å². The standard InChI is InChI=1S/C76H51N3/c1-75(2)63-29-13-6-22-54(63)57-42-41-52(45-67(57)75)77(51-39-36-48(37-40-51)49-38-43-72-62(44-49)60-27-12-19-35-71(60)78(72)50-20-4-3-5-21-50)73-47-53(79-69-33-17-10-25-58(69)59-26-11-18-34-70(59)79)46-68-74(73)61-28-9-16-32-66(61)76(68)64-30-14-7-23-55(64)56-24-8-15-31-65(56)76/h3-47H,1-2H3. The second-order valence-electron chi connectivity index (χ2n) is 22.3. The summed E-state index contributed by atoms with van der Waals surface area (Å²) in [7, 11) is 0. The van der Waals surface area contributed by atoms with Crippen molar-refractivity contribution >= 4 is 60.7 Å². The van der Waals surface area contributed by atoms with Gasteiger partial charge in [-0.15, -0.1) is 0 Å². The van der Waals surface area contributed by atoms with Crippen molar-refractivity contribution in [2.45, 2.75) is 24.7 Å². The minimum absolute atomic E-state index is 0.208. The van der Waals surface area contributed by atoms with Crippen molar-refractivity contribution in [2.75, 3.05) is 4.90 Å². The van der Waals surface area contributed by atoms with Gasteiger partial charge >= 0.3 is 0 Å². The van der Waals surface area contributed by atoms with Gasteiger partial charge < -0.3 is 14.0 Å². The topological polar surface area (TPSA) is 13.1 Å². The number of anilines is 3. The van der Waals surface area contributed by atoms with Gasteiger partial charge in [0, 0.05) is 55.3 Å². The highest BCUT2D eigenvalue weighted by atomic mass is 15.2. The molecule has 2 heterocycles. The van der Waals surface area contributed by atoms with Crippen LogP contribution in [0, 0.1) is 0 Å². The van der Waals surface area contributed by atoms with Crippen LogP contribution in [-0.4, -0.2) is 9.13 Å². The summed E-state index contributed by atoms with van der Waals surface area (Å²) < 4.78 is 4.91. The molecule has 79 heavy (non-hydrogen) atoms. The molecule has 0 saturated heterocycles. The molecule has 3 nitrogen and oxygen atoms in total. The highest BCUT2D eigenvalue weighted by Gasteiger charge is 2.53. The lowest BCUT2D eigenvalue weighted by Gasteiger charge is -2.33. The van der Waals surface area contributed by atoms with Crippen LogP contribution in [0.3, 0.4) is 0 Å². The average Bonchev–Trinajstić information content (AvgIpc) is 2.61. The molecule has 0 saturated carbocycles. The third-order valence-corrected chi connectivity index (χ3v) is 18.1. The van der Waals surface area contributed by atoms with Gasteiger partial charge in [-0.3, -0.25) is 0 Å². The predicted octanol–water partition coefficient (Wildman–Crippen LogP) is 19.7. The van der Waals surface area contributed by atoms with Crippen molar-refractivity contribution in [1.82, 2.24) is 9.13 Å². The van der Waals surface area contributed by atoms with E-state index >= 15 is 0 Å². The quantitative estimate of drug-likeness (QED) is 0.162. The largest absolute Gasteiger partial charge is 0.310 e. The fraction of sp³-hybridized carbons (Fsp3) is 0.0526. The Morgan fingerprint density at radius 3 is 1.38 bits per heavy atom. The van der Waals surface area contributed by atoms with E-state index in [1.807, 2.05) is 0 Å². The van der Waals surface area contributed by atoms with Crippen LogP contribution in [0.2, 0.25) is 0 Å². The normalized spacial score (nSPS) is 13.9. The molecule has 0 fully saturated rings. The van der Waals surface area contributed by atoms with E-state index in [1.165, 1.54) is 122 Å². The van der Waals surface area contributed by atoms with Crippen LogP contribution in [-0.2, 0) is 10.8 Å². The van der Waals surface area contributed by atoms with Gasteiger partial charge in [-0.1, -0.05) is 208 Å². The van der Waals surface area contributed by atoms with Gasteiger partial charge in [-0.05, 0) is 151 Å². The number of hydrogen-bond donors (Lipinski definition) is 0. The Kier molecular flexibility index (Phi) is 9.11. The van der Waals surface area contributed by atoms with Crippen molar-refractivity contribution < 1.29 is 0 Å². The maximum atomic E-state index is 2.58. The number of nitrogens with zero attached hydrogens (tertiary/aromatic N) is 3. The number of para-hydroxylation sites is 4. The summed E-state index contributed by atoms with van der Waals surface area (Å²) >= 11 is 0. The fourth-order valence-electron chi connectivity index (χ4n) is 14.8. The number of fused-ring (bicyclic) bond motifs is 19. The van der Waals surface area contributed by atoms with Crippen LogP contribution in [0.25, 0.3) is 99.5 Å². The zero-order valence-corrected chi connectivity index (χ0v) is 43.8. The Morgan fingerprint density at radius 2 is 0.747 bits per heavy atom. The Bertz CT molecular complexity index is 4780. The third-order valence-electron chi connectivity index (χ3n) is 18.1. The molecular weight excluding hydrogens is 955 g/mol. The van der Waals surface area contributed by atoms with Crippen molar-refractivity contribution in [3.8, 4) is 55.9 Å². The predicted molar refractivity (Wildman–Crippen MR) is 329 cm³/mol. The molecule has 0 aliphatic heterocycles. The summed E-state index contributed by atoms with van der Waals surface area (Å²) in [6.45, 7) is 4.79. The Hall–Kier alpha value is -9.96. The van der Waals surface area contributed by atoms with Crippen molar-refractivity contribution in [3.63, 3.8) is 0 Å². The lowest BCUT2D eigenvalue weighted by Crippen LogP contribution is -2.26. The molecule has 0 bridgehead atoms. The molecule has 0 amide bonds. The first kappa shape index (κ1) is 44.2. The number of hydrogen-bond acceptors (Lipinski definition) is 1. The second kappa shape index (κ2) is 16.3. The maximum absolute atomic E-state index is 2.58. The van der Waals surface area contributed by atoms with E-state index in [2.05, 4.69) is 301 Å². The molecule has 12 aromatic carbocycles. The van der Waals surface area contributed by atoms with E-state index in [1.54, 1.807) is 0 Å². The van der Waals surface area contributed by atoms with Crippen LogP contribution >= 0.6 is 0 Å². The number of rotatable bonds is 6. The molecular formula is C76H51N3. The van der Waals surface area contributed by atoms with Crippen LogP contribution < -0.4 is 4.90 Å². The van der Waals surface area contributed by atoms with Gasteiger partial charge in [0.1, 0.15) is 0 Å². The average molecular weight is 1010 g/mol. The number of benzene rings is 12. The smallest absolute Gasteiger partial charge is 0.0727 e. The zero-order valence-electron chi connectivity index (χ0n) is 43.8. The summed E-state index contributed by atoms with van der Waals surface area (Å²) in [6, 6.07) is 103. The van der Waals surface area contributed by atoms with Crippen molar-refractivity contribution in [3.05, 3.63) is 306 Å². The maximum Gasteiger partial charge on any atom is 0.0727 e. The fourth-order valence-corrected chi connectivity index (χ4v) is 14.8. The van der Waals surface area contributed by atoms with Gasteiger partial charge in [0.05, 0.1) is 33.2 Å². The second-order valence-corrected chi connectivity index (χ2v) is 22.3. The first-order valence-electron chi connectivity index (χ1n) is 27.7. The van der Waals surface area contributed by atoms with Crippen molar-refractivity contribution in [2.24, 2.45) is 0 Å². The van der Waals surface area contributed by atoms with Crippen LogP contribution in [0.1, 0.15) is 47.2 Å². The molecule has 1 spiro atoms. The molecule has 17 rings (SSSR count). The van der Waals surface area contributed by atoms with Gasteiger partial charge in [-0.2, -0.15) is 0 Å².